The first-order valence-corrected chi connectivity index (χ1v) is 4.14. The topological polar surface area (TPSA) is 0 Å². The fourth-order valence-electron chi connectivity index (χ4n) is 0.821. The van der Waals surface area contributed by atoms with Crippen LogP contribution in [-0.2, 0) is 6.18 Å². The van der Waals surface area contributed by atoms with Gasteiger partial charge in [-0.3, -0.25) is 0 Å². The van der Waals surface area contributed by atoms with Crippen molar-refractivity contribution in [3.05, 3.63) is 29.8 Å². The van der Waals surface area contributed by atoms with Crippen LogP contribution in [0.5, 0.6) is 0 Å². The summed E-state index contributed by atoms with van der Waals surface area (Å²) < 4.78 is 35.9. The average molecular weight is 176 g/mol. The molecule has 60 valence electrons. The SMILES string of the molecule is FC(F)(F)c1cccc([SiH3])c1. The Morgan fingerprint density at radius 1 is 1.18 bits per heavy atom. The maximum atomic E-state index is 12.0. The van der Waals surface area contributed by atoms with Gasteiger partial charge in [0.25, 0.3) is 0 Å². The molecule has 1 aromatic carbocycles. The summed E-state index contributed by atoms with van der Waals surface area (Å²) in [5.74, 6) is 0. The summed E-state index contributed by atoms with van der Waals surface area (Å²) in [6, 6.07) is 5.40. The molecule has 0 atom stereocenters. The molecule has 11 heavy (non-hydrogen) atoms. The maximum Gasteiger partial charge on any atom is 0.416 e. The van der Waals surface area contributed by atoms with Gasteiger partial charge in [-0.05, 0) is 0 Å². The van der Waals surface area contributed by atoms with Gasteiger partial charge in [-0.1, -0.05) is 29.5 Å². The smallest absolute Gasteiger partial charge is 0.166 e. The van der Waals surface area contributed by atoms with Crippen LogP contribution in [-0.4, -0.2) is 10.2 Å². The highest BCUT2D eigenvalue weighted by Crippen LogP contribution is 2.27. The van der Waals surface area contributed by atoms with E-state index in [1.54, 1.807) is 6.07 Å². The highest BCUT2D eigenvalue weighted by Gasteiger charge is 2.29. The Morgan fingerprint density at radius 3 is 2.18 bits per heavy atom. The van der Waals surface area contributed by atoms with Crippen LogP contribution in [0.15, 0.2) is 24.3 Å². The number of hydrogen-bond acceptors (Lipinski definition) is 0. The summed E-state index contributed by atoms with van der Waals surface area (Å²) in [6.07, 6.45) is -4.19. The van der Waals surface area contributed by atoms with E-state index < -0.39 is 11.7 Å². The zero-order valence-corrected chi connectivity index (χ0v) is 7.94. The molecule has 0 unspecified atom stereocenters. The number of alkyl halides is 3. The lowest BCUT2D eigenvalue weighted by Gasteiger charge is -2.05. The summed E-state index contributed by atoms with van der Waals surface area (Å²) in [4.78, 5) is 0. The maximum absolute atomic E-state index is 12.0. The Labute approximate surface area is 65.5 Å². The third-order valence-corrected chi connectivity index (χ3v) is 1.97. The first kappa shape index (κ1) is 8.32. The highest BCUT2D eigenvalue weighted by molar-refractivity contribution is 6.32. The van der Waals surface area contributed by atoms with Gasteiger partial charge >= 0.3 is 6.18 Å². The zero-order valence-electron chi connectivity index (χ0n) is 5.94. The third-order valence-electron chi connectivity index (χ3n) is 1.35. The van der Waals surface area contributed by atoms with E-state index in [2.05, 4.69) is 0 Å². The second kappa shape index (κ2) is 2.69. The predicted molar refractivity (Wildman–Crippen MR) is 41.0 cm³/mol. The molecular formula is C7H7F3Si. The van der Waals surface area contributed by atoms with Gasteiger partial charge in [0.05, 0.1) is 5.56 Å². The molecule has 0 aromatic heterocycles. The molecule has 4 heteroatoms. The first-order chi connectivity index (χ1) is 5.00. The van der Waals surface area contributed by atoms with Crippen LogP contribution in [0.1, 0.15) is 5.56 Å². The lowest BCUT2D eigenvalue weighted by Crippen LogP contribution is -2.10. The molecular weight excluding hydrogens is 169 g/mol. The van der Waals surface area contributed by atoms with E-state index in [0.717, 1.165) is 11.3 Å². The lowest BCUT2D eigenvalue weighted by molar-refractivity contribution is -0.137. The molecule has 0 fully saturated rings. The fourth-order valence-corrected chi connectivity index (χ4v) is 1.32. The molecule has 0 saturated carbocycles. The van der Waals surface area contributed by atoms with Crippen molar-refractivity contribution in [3.63, 3.8) is 0 Å². The van der Waals surface area contributed by atoms with Crippen LogP contribution in [0.2, 0.25) is 0 Å². The van der Waals surface area contributed by atoms with Gasteiger partial charge in [-0.2, -0.15) is 13.2 Å². The Bertz CT molecular complexity index is 254. The van der Waals surface area contributed by atoms with Gasteiger partial charge in [-0.15, -0.1) is 0 Å². The van der Waals surface area contributed by atoms with Crippen molar-refractivity contribution in [1.82, 2.24) is 0 Å². The van der Waals surface area contributed by atoms with Crippen molar-refractivity contribution >= 4 is 15.4 Å². The lowest BCUT2D eigenvalue weighted by atomic mass is 10.2. The molecule has 0 aliphatic rings. The molecule has 0 N–H and O–H groups in total. The molecule has 1 aromatic rings. The molecule has 0 amide bonds. The van der Waals surface area contributed by atoms with Gasteiger partial charge in [0.15, 0.2) is 0 Å². The Hall–Kier alpha value is -0.773. The molecule has 0 radical (unpaired) electrons. The van der Waals surface area contributed by atoms with Crippen LogP contribution < -0.4 is 5.19 Å². The van der Waals surface area contributed by atoms with Crippen LogP contribution in [0, 0.1) is 0 Å². The number of benzene rings is 1. The summed E-state index contributed by atoms with van der Waals surface area (Å²) in [5.41, 5.74) is -0.551. The largest absolute Gasteiger partial charge is 0.416 e. The molecule has 0 spiro atoms. The van der Waals surface area contributed by atoms with Gasteiger partial charge in [0.1, 0.15) is 0 Å². The first-order valence-electron chi connectivity index (χ1n) is 3.14. The highest BCUT2D eigenvalue weighted by atomic mass is 28.1. The Kier molecular flexibility index (Phi) is 2.04. The molecule has 0 saturated heterocycles. The van der Waals surface area contributed by atoms with Gasteiger partial charge in [0.2, 0.25) is 0 Å². The third kappa shape index (κ3) is 2.08. The fraction of sp³-hybridized carbons (Fsp3) is 0.143. The van der Waals surface area contributed by atoms with E-state index in [1.165, 1.54) is 12.1 Å². The number of hydrogen-bond donors (Lipinski definition) is 0. The normalized spacial score (nSPS) is 11.9. The quantitative estimate of drug-likeness (QED) is 0.510. The summed E-state index contributed by atoms with van der Waals surface area (Å²) in [6.45, 7) is 0. The Morgan fingerprint density at radius 2 is 1.82 bits per heavy atom. The Balaban J connectivity index is 3.06. The van der Waals surface area contributed by atoms with E-state index >= 15 is 0 Å². The zero-order chi connectivity index (χ0) is 8.48. The second-order valence-corrected chi connectivity index (χ2v) is 3.52. The van der Waals surface area contributed by atoms with E-state index in [0.29, 0.717) is 10.2 Å². The van der Waals surface area contributed by atoms with E-state index in [9.17, 15) is 13.2 Å². The molecule has 0 aliphatic carbocycles. The van der Waals surface area contributed by atoms with E-state index in [1.807, 2.05) is 0 Å². The van der Waals surface area contributed by atoms with Crippen molar-refractivity contribution < 1.29 is 13.2 Å². The molecule has 0 nitrogen and oxygen atoms in total. The summed E-state index contributed by atoms with van der Waals surface area (Å²) in [5, 5.41) is 0.764. The minimum absolute atomic E-state index is 0.551. The minimum Gasteiger partial charge on any atom is -0.166 e. The summed E-state index contributed by atoms with van der Waals surface area (Å²) in [7, 11) is 0.656. The standard InChI is InChI=1S/C7H7F3Si/c8-7(9,10)5-2-1-3-6(11)4-5/h1-4H,11H3. The van der Waals surface area contributed by atoms with Gasteiger partial charge < -0.3 is 0 Å². The summed E-state index contributed by atoms with van der Waals surface area (Å²) >= 11 is 0. The molecule has 0 bridgehead atoms. The van der Waals surface area contributed by atoms with Crippen molar-refractivity contribution in [2.45, 2.75) is 6.18 Å². The monoisotopic (exact) mass is 176 g/mol. The van der Waals surface area contributed by atoms with Crippen LogP contribution in [0.3, 0.4) is 0 Å². The van der Waals surface area contributed by atoms with Gasteiger partial charge in [0, 0.05) is 10.2 Å². The van der Waals surface area contributed by atoms with Crippen LogP contribution in [0.25, 0.3) is 0 Å². The molecule has 1 rings (SSSR count). The van der Waals surface area contributed by atoms with Crippen LogP contribution >= 0.6 is 0 Å². The van der Waals surface area contributed by atoms with Crippen molar-refractivity contribution in [3.8, 4) is 0 Å². The molecule has 0 heterocycles. The number of halogens is 3. The van der Waals surface area contributed by atoms with Gasteiger partial charge in [-0.25, -0.2) is 0 Å². The number of rotatable bonds is 0. The van der Waals surface area contributed by atoms with Crippen molar-refractivity contribution in [2.75, 3.05) is 0 Å². The van der Waals surface area contributed by atoms with Crippen molar-refractivity contribution in [1.29, 1.82) is 0 Å². The molecule has 0 aliphatic heterocycles. The second-order valence-electron chi connectivity index (χ2n) is 2.37. The average Bonchev–Trinajstić information content (AvgIpc) is 1.86. The van der Waals surface area contributed by atoms with Crippen LogP contribution in [0.4, 0.5) is 13.2 Å². The van der Waals surface area contributed by atoms with Crippen molar-refractivity contribution in [2.24, 2.45) is 0 Å². The predicted octanol–water partition coefficient (Wildman–Crippen LogP) is 0.696. The minimum atomic E-state index is -4.19. The van der Waals surface area contributed by atoms with E-state index in [-0.39, 0.29) is 0 Å². The van der Waals surface area contributed by atoms with E-state index in [4.69, 9.17) is 0 Å².